The van der Waals surface area contributed by atoms with Crippen molar-refractivity contribution in [3.63, 3.8) is 0 Å². The first-order chi connectivity index (χ1) is 9.38. The van der Waals surface area contributed by atoms with Crippen LogP contribution in [0.3, 0.4) is 0 Å². The largest absolute Gasteiger partial charge is 0.322 e. The van der Waals surface area contributed by atoms with Gasteiger partial charge in [0.15, 0.2) is 0 Å². The number of aryl methyl sites for hydroxylation is 2. The number of carbonyl (C=O) groups excluding carboxylic acids is 1. The minimum atomic E-state index is -0.350. The zero-order valence-corrected chi connectivity index (χ0v) is 14.1. The number of halogens is 3. The molecule has 1 N–H and O–H groups in total. The van der Waals surface area contributed by atoms with Crippen LogP contribution in [-0.4, -0.2) is 5.91 Å². The Labute approximate surface area is 133 Å². The Balaban J connectivity index is 2.30. The second-order valence-electron chi connectivity index (χ2n) is 4.52. The number of hydrogen-bond donors (Lipinski definition) is 1. The lowest BCUT2D eigenvalue weighted by Crippen LogP contribution is -2.13. The normalized spacial score (nSPS) is 10.4. The van der Waals surface area contributed by atoms with E-state index < -0.39 is 0 Å². The van der Waals surface area contributed by atoms with E-state index in [1.807, 2.05) is 19.1 Å². The van der Waals surface area contributed by atoms with Crippen molar-refractivity contribution >= 4 is 43.5 Å². The molecule has 0 saturated heterocycles. The Morgan fingerprint density at radius 1 is 1.10 bits per heavy atom. The van der Waals surface area contributed by atoms with Gasteiger partial charge in [0.1, 0.15) is 5.82 Å². The predicted octanol–water partition coefficient (Wildman–Crippen LogP) is 5.22. The minimum absolute atomic E-state index is 0.238. The van der Waals surface area contributed by atoms with Crippen molar-refractivity contribution in [2.24, 2.45) is 0 Å². The van der Waals surface area contributed by atoms with Gasteiger partial charge in [-0.2, -0.15) is 0 Å². The van der Waals surface area contributed by atoms with E-state index in [9.17, 15) is 9.18 Å². The first-order valence-electron chi connectivity index (χ1n) is 5.91. The Kier molecular flexibility index (Phi) is 4.60. The molecule has 2 aromatic carbocycles. The molecule has 0 spiro atoms. The maximum absolute atomic E-state index is 13.4. The van der Waals surface area contributed by atoms with Crippen LogP contribution < -0.4 is 5.32 Å². The van der Waals surface area contributed by atoms with Gasteiger partial charge >= 0.3 is 0 Å². The molecule has 5 heteroatoms. The molecule has 20 heavy (non-hydrogen) atoms. The second kappa shape index (κ2) is 6.06. The summed E-state index contributed by atoms with van der Waals surface area (Å²) in [5.74, 6) is -0.588. The zero-order valence-electron chi connectivity index (χ0n) is 10.9. The molecular formula is C15H12Br2FNO. The minimum Gasteiger partial charge on any atom is -0.322 e. The van der Waals surface area contributed by atoms with Gasteiger partial charge in [-0.05, 0) is 81.1 Å². The van der Waals surface area contributed by atoms with E-state index in [0.717, 1.165) is 10.0 Å². The molecule has 0 bridgehead atoms. The Bertz CT molecular complexity index is 686. The van der Waals surface area contributed by atoms with Crippen molar-refractivity contribution < 1.29 is 9.18 Å². The van der Waals surface area contributed by atoms with Crippen LogP contribution in [0.15, 0.2) is 39.3 Å². The first kappa shape index (κ1) is 15.2. The van der Waals surface area contributed by atoms with Gasteiger partial charge in [-0.3, -0.25) is 4.79 Å². The molecule has 0 aliphatic carbocycles. The van der Waals surface area contributed by atoms with Crippen molar-refractivity contribution in [3.8, 4) is 0 Å². The number of benzene rings is 2. The van der Waals surface area contributed by atoms with Crippen LogP contribution in [0, 0.1) is 19.7 Å². The highest BCUT2D eigenvalue weighted by Crippen LogP contribution is 2.26. The molecule has 0 fully saturated rings. The second-order valence-corrected chi connectivity index (χ2v) is 6.23. The summed E-state index contributed by atoms with van der Waals surface area (Å²) in [7, 11) is 0. The van der Waals surface area contributed by atoms with E-state index in [2.05, 4.69) is 37.2 Å². The summed E-state index contributed by atoms with van der Waals surface area (Å²) >= 11 is 6.49. The van der Waals surface area contributed by atoms with E-state index in [1.165, 1.54) is 6.07 Å². The number of nitrogens with one attached hydrogen (secondary N) is 1. The number of rotatable bonds is 2. The highest BCUT2D eigenvalue weighted by molar-refractivity contribution is 9.10. The van der Waals surface area contributed by atoms with E-state index in [1.54, 1.807) is 19.1 Å². The summed E-state index contributed by atoms with van der Waals surface area (Å²) in [6, 6.07) is 8.44. The molecule has 0 unspecified atom stereocenters. The lowest BCUT2D eigenvalue weighted by Gasteiger charge is -2.11. The SMILES string of the molecule is Cc1ccc(C(=O)Nc2cc(Br)c(F)cc2C)c(Br)c1. The van der Waals surface area contributed by atoms with Gasteiger partial charge in [0, 0.05) is 10.2 Å². The van der Waals surface area contributed by atoms with Crippen molar-refractivity contribution in [1.82, 2.24) is 0 Å². The monoisotopic (exact) mass is 399 g/mol. The Morgan fingerprint density at radius 3 is 2.45 bits per heavy atom. The van der Waals surface area contributed by atoms with Crippen LogP contribution in [0.1, 0.15) is 21.5 Å². The smallest absolute Gasteiger partial charge is 0.256 e. The summed E-state index contributed by atoms with van der Waals surface area (Å²) < 4.78 is 14.4. The van der Waals surface area contributed by atoms with E-state index >= 15 is 0 Å². The molecule has 0 radical (unpaired) electrons. The van der Waals surface area contributed by atoms with E-state index in [0.29, 0.717) is 21.3 Å². The molecule has 0 aromatic heterocycles. The Morgan fingerprint density at radius 2 is 1.80 bits per heavy atom. The molecule has 2 rings (SSSR count). The number of hydrogen-bond acceptors (Lipinski definition) is 1. The molecule has 0 aliphatic heterocycles. The molecular weight excluding hydrogens is 389 g/mol. The molecule has 2 aromatic rings. The zero-order chi connectivity index (χ0) is 14.9. The predicted molar refractivity (Wildman–Crippen MR) is 85.7 cm³/mol. The van der Waals surface area contributed by atoms with Crippen LogP contribution >= 0.6 is 31.9 Å². The van der Waals surface area contributed by atoms with Gasteiger partial charge in [0.25, 0.3) is 5.91 Å². The van der Waals surface area contributed by atoms with Gasteiger partial charge in [0.05, 0.1) is 10.0 Å². The third-order valence-electron chi connectivity index (χ3n) is 2.88. The van der Waals surface area contributed by atoms with Crippen LogP contribution in [0.25, 0.3) is 0 Å². The lowest BCUT2D eigenvalue weighted by atomic mass is 10.1. The number of amides is 1. The maximum atomic E-state index is 13.4. The molecule has 104 valence electrons. The summed E-state index contributed by atoms with van der Waals surface area (Å²) in [5, 5.41) is 2.79. The molecule has 0 aliphatic rings. The van der Waals surface area contributed by atoms with E-state index in [-0.39, 0.29) is 11.7 Å². The lowest BCUT2D eigenvalue weighted by molar-refractivity contribution is 0.102. The van der Waals surface area contributed by atoms with Crippen molar-refractivity contribution in [1.29, 1.82) is 0 Å². The summed E-state index contributed by atoms with van der Waals surface area (Å²) in [5.41, 5.74) is 2.85. The number of carbonyl (C=O) groups is 1. The van der Waals surface area contributed by atoms with Gasteiger partial charge < -0.3 is 5.32 Å². The van der Waals surface area contributed by atoms with Gasteiger partial charge in [0.2, 0.25) is 0 Å². The first-order valence-corrected chi connectivity index (χ1v) is 7.50. The topological polar surface area (TPSA) is 29.1 Å². The number of anilines is 1. The van der Waals surface area contributed by atoms with Crippen LogP contribution in [0.5, 0.6) is 0 Å². The Hall–Kier alpha value is -1.20. The van der Waals surface area contributed by atoms with Gasteiger partial charge in [-0.1, -0.05) is 6.07 Å². The fourth-order valence-electron chi connectivity index (χ4n) is 1.77. The highest BCUT2D eigenvalue weighted by atomic mass is 79.9. The molecule has 2 nitrogen and oxygen atoms in total. The summed E-state index contributed by atoms with van der Waals surface area (Å²) in [6.45, 7) is 3.70. The fraction of sp³-hybridized carbons (Fsp3) is 0.133. The standard InChI is InChI=1S/C15H12Br2FNO/c1-8-3-4-10(11(16)5-8)15(20)19-14-7-12(17)13(18)6-9(14)2/h3-7H,1-2H3,(H,19,20). The van der Waals surface area contributed by atoms with E-state index in [4.69, 9.17) is 0 Å². The fourth-order valence-corrected chi connectivity index (χ4v) is 2.79. The quantitative estimate of drug-likeness (QED) is 0.735. The van der Waals surface area contributed by atoms with Crippen molar-refractivity contribution in [3.05, 3.63) is 61.8 Å². The molecule has 1 amide bonds. The highest BCUT2D eigenvalue weighted by Gasteiger charge is 2.13. The molecule has 0 saturated carbocycles. The maximum Gasteiger partial charge on any atom is 0.256 e. The third kappa shape index (κ3) is 3.27. The van der Waals surface area contributed by atoms with Gasteiger partial charge in [-0.25, -0.2) is 4.39 Å². The summed E-state index contributed by atoms with van der Waals surface area (Å²) in [4.78, 5) is 12.2. The van der Waals surface area contributed by atoms with Crippen LogP contribution in [0.2, 0.25) is 0 Å². The average molecular weight is 401 g/mol. The average Bonchev–Trinajstić information content (AvgIpc) is 2.35. The van der Waals surface area contributed by atoms with Crippen LogP contribution in [-0.2, 0) is 0 Å². The summed E-state index contributed by atoms with van der Waals surface area (Å²) in [6.07, 6.45) is 0. The molecule has 0 atom stereocenters. The molecule has 0 heterocycles. The van der Waals surface area contributed by atoms with Crippen LogP contribution in [0.4, 0.5) is 10.1 Å². The van der Waals surface area contributed by atoms with Crippen molar-refractivity contribution in [2.75, 3.05) is 5.32 Å². The van der Waals surface area contributed by atoms with Gasteiger partial charge in [-0.15, -0.1) is 0 Å². The van der Waals surface area contributed by atoms with Crippen molar-refractivity contribution in [2.45, 2.75) is 13.8 Å². The third-order valence-corrected chi connectivity index (χ3v) is 4.15.